The van der Waals surface area contributed by atoms with E-state index in [4.69, 9.17) is 4.74 Å². The van der Waals surface area contributed by atoms with E-state index in [1.807, 2.05) is 0 Å². The number of benzene rings is 3. The van der Waals surface area contributed by atoms with E-state index in [9.17, 15) is 0 Å². The van der Waals surface area contributed by atoms with E-state index in [0.717, 1.165) is 26.1 Å². The van der Waals surface area contributed by atoms with E-state index in [1.54, 1.807) is 0 Å². The van der Waals surface area contributed by atoms with Gasteiger partial charge in [-0.3, -0.25) is 4.90 Å². The molecule has 4 rings (SSSR count). The molecule has 0 N–H and O–H groups in total. The van der Waals surface area contributed by atoms with Gasteiger partial charge in [0.15, 0.2) is 0 Å². The zero-order valence-corrected chi connectivity index (χ0v) is 18.4. The van der Waals surface area contributed by atoms with Crippen LogP contribution in [0, 0.1) is 0 Å². The Morgan fingerprint density at radius 3 is 1.83 bits per heavy atom. The summed E-state index contributed by atoms with van der Waals surface area (Å²) in [6, 6.07) is 33.2. The van der Waals surface area contributed by atoms with Gasteiger partial charge >= 0.3 is 0 Å². The smallest absolute Gasteiger partial charge is 0.0781 e. The molecule has 2 nitrogen and oxygen atoms in total. The highest BCUT2D eigenvalue weighted by Gasteiger charge is 2.51. The molecule has 0 aliphatic carbocycles. The van der Waals surface area contributed by atoms with Crippen LogP contribution < -0.4 is 0 Å². The lowest BCUT2D eigenvalue weighted by molar-refractivity contribution is -0.0651. The average Bonchev–Trinajstić information content (AvgIpc) is 3.17. The molecule has 3 aromatic carbocycles. The molecule has 2 heteroatoms. The van der Waals surface area contributed by atoms with Crippen molar-refractivity contribution in [2.45, 2.75) is 50.8 Å². The molecule has 3 aromatic rings. The summed E-state index contributed by atoms with van der Waals surface area (Å²) in [4.78, 5) is 2.64. The highest BCUT2D eigenvalue weighted by atomic mass is 16.5. The van der Waals surface area contributed by atoms with Crippen molar-refractivity contribution in [3.05, 3.63) is 108 Å². The summed E-state index contributed by atoms with van der Waals surface area (Å²) in [7, 11) is 0. The molecule has 1 saturated heterocycles. The van der Waals surface area contributed by atoms with Gasteiger partial charge in [0.2, 0.25) is 0 Å². The fourth-order valence-corrected chi connectivity index (χ4v) is 5.22. The van der Waals surface area contributed by atoms with Crippen molar-refractivity contribution in [3.63, 3.8) is 0 Å². The third-order valence-electron chi connectivity index (χ3n) is 6.66. The molecular weight excluding hydrogens is 366 g/mol. The van der Waals surface area contributed by atoms with Crippen LogP contribution in [0.5, 0.6) is 0 Å². The lowest BCUT2D eigenvalue weighted by atomic mass is 9.71. The molecule has 156 valence electrons. The van der Waals surface area contributed by atoms with E-state index < -0.39 is 0 Å². The van der Waals surface area contributed by atoms with Crippen LogP contribution in [0.1, 0.15) is 43.9 Å². The third-order valence-corrected chi connectivity index (χ3v) is 6.66. The molecule has 0 spiro atoms. The van der Waals surface area contributed by atoms with Crippen LogP contribution in [0.25, 0.3) is 0 Å². The number of rotatable bonds is 7. The summed E-state index contributed by atoms with van der Waals surface area (Å²) in [5, 5.41) is 0. The molecular formula is C28H33NO. The summed E-state index contributed by atoms with van der Waals surface area (Å²) in [5.41, 5.74) is 3.87. The Labute approximate surface area is 181 Å². The predicted molar refractivity (Wildman–Crippen MR) is 125 cm³/mol. The number of hydrogen-bond donors (Lipinski definition) is 0. The van der Waals surface area contributed by atoms with Crippen molar-refractivity contribution in [1.82, 2.24) is 4.90 Å². The number of nitrogens with zero attached hydrogens (tertiary/aromatic N) is 1. The molecule has 30 heavy (non-hydrogen) atoms. The molecule has 1 aliphatic rings. The van der Waals surface area contributed by atoms with Crippen LogP contribution in [-0.2, 0) is 16.7 Å². The van der Waals surface area contributed by atoms with Crippen molar-refractivity contribution in [3.8, 4) is 0 Å². The van der Waals surface area contributed by atoms with E-state index in [0.29, 0.717) is 6.04 Å². The average molecular weight is 400 g/mol. The summed E-state index contributed by atoms with van der Waals surface area (Å²) in [6.07, 6.45) is 1.04. The molecule has 1 heterocycles. The van der Waals surface area contributed by atoms with Gasteiger partial charge in [-0.25, -0.2) is 0 Å². The zero-order valence-electron chi connectivity index (χ0n) is 18.4. The van der Waals surface area contributed by atoms with Crippen molar-refractivity contribution in [2.24, 2.45) is 0 Å². The van der Waals surface area contributed by atoms with E-state index in [-0.39, 0.29) is 11.0 Å². The number of hydrogen-bond acceptors (Lipinski definition) is 2. The summed E-state index contributed by atoms with van der Waals surface area (Å²) >= 11 is 0. The zero-order chi connectivity index (χ0) is 21.0. The van der Waals surface area contributed by atoms with Gasteiger partial charge in [-0.2, -0.15) is 0 Å². The second-order valence-electron chi connectivity index (χ2n) is 8.96. The SMILES string of the molecule is CCOC(C)(C)C1CC(c2ccccc2)(c2ccccc2)CN1Cc1ccccc1. The normalized spacial score (nSPS) is 19.1. The van der Waals surface area contributed by atoms with Gasteiger partial charge in [-0.1, -0.05) is 91.0 Å². The molecule has 1 fully saturated rings. The van der Waals surface area contributed by atoms with Crippen molar-refractivity contribution in [1.29, 1.82) is 0 Å². The first-order valence-corrected chi connectivity index (χ1v) is 11.1. The van der Waals surface area contributed by atoms with Crippen LogP contribution >= 0.6 is 0 Å². The second-order valence-corrected chi connectivity index (χ2v) is 8.96. The molecule has 0 aromatic heterocycles. The maximum atomic E-state index is 6.30. The molecule has 0 bridgehead atoms. The van der Waals surface area contributed by atoms with E-state index in [2.05, 4.69) is 117 Å². The fourth-order valence-electron chi connectivity index (χ4n) is 5.22. The molecule has 0 amide bonds. The number of likely N-dealkylation sites (tertiary alicyclic amines) is 1. The largest absolute Gasteiger partial charge is 0.374 e. The lowest BCUT2D eigenvalue weighted by Gasteiger charge is -2.37. The Morgan fingerprint density at radius 2 is 1.33 bits per heavy atom. The Kier molecular flexibility index (Phi) is 6.08. The van der Waals surface area contributed by atoms with Crippen LogP contribution in [0.3, 0.4) is 0 Å². The minimum absolute atomic E-state index is 0.0453. The standard InChI is InChI=1S/C28H33NO/c1-4-30-27(2,3)26-20-28(24-16-10-6-11-17-24,25-18-12-7-13-19-25)22-29(26)21-23-14-8-5-9-15-23/h5-19,26H,4,20-22H2,1-3H3. The Morgan fingerprint density at radius 1 is 0.833 bits per heavy atom. The molecule has 1 atom stereocenters. The number of ether oxygens (including phenoxy) is 1. The van der Waals surface area contributed by atoms with Gasteiger partial charge in [0.1, 0.15) is 0 Å². The van der Waals surface area contributed by atoms with E-state index >= 15 is 0 Å². The van der Waals surface area contributed by atoms with Crippen molar-refractivity contribution in [2.75, 3.05) is 13.2 Å². The summed E-state index contributed by atoms with van der Waals surface area (Å²) in [6.45, 7) is 9.25. The molecule has 1 aliphatic heterocycles. The van der Waals surface area contributed by atoms with Gasteiger partial charge in [0.25, 0.3) is 0 Å². The summed E-state index contributed by atoms with van der Waals surface area (Å²) in [5.74, 6) is 0. The van der Waals surface area contributed by atoms with Crippen molar-refractivity contribution >= 4 is 0 Å². The van der Waals surface area contributed by atoms with Gasteiger partial charge in [-0.15, -0.1) is 0 Å². The monoisotopic (exact) mass is 399 g/mol. The highest BCUT2D eigenvalue weighted by Crippen LogP contribution is 2.47. The minimum atomic E-state index is -0.227. The van der Waals surface area contributed by atoms with E-state index in [1.165, 1.54) is 16.7 Å². The van der Waals surface area contributed by atoms with Gasteiger partial charge in [0, 0.05) is 31.2 Å². The predicted octanol–water partition coefficient (Wildman–Crippen LogP) is 6.06. The third kappa shape index (κ3) is 4.08. The molecule has 1 unspecified atom stereocenters. The van der Waals surface area contributed by atoms with Gasteiger partial charge in [0.05, 0.1) is 5.60 Å². The Bertz CT molecular complexity index is 881. The van der Waals surface area contributed by atoms with Gasteiger partial charge in [-0.05, 0) is 43.9 Å². The highest BCUT2D eigenvalue weighted by molar-refractivity contribution is 5.42. The Balaban J connectivity index is 1.79. The van der Waals surface area contributed by atoms with Gasteiger partial charge < -0.3 is 4.74 Å². The van der Waals surface area contributed by atoms with Crippen LogP contribution in [0.4, 0.5) is 0 Å². The first-order chi connectivity index (χ1) is 14.5. The summed E-state index contributed by atoms with van der Waals surface area (Å²) < 4.78 is 6.30. The molecule has 0 saturated carbocycles. The first kappa shape index (κ1) is 20.8. The van der Waals surface area contributed by atoms with Crippen molar-refractivity contribution < 1.29 is 4.74 Å². The van der Waals surface area contributed by atoms with Crippen LogP contribution in [0.2, 0.25) is 0 Å². The lowest BCUT2D eigenvalue weighted by Crippen LogP contribution is -2.47. The maximum Gasteiger partial charge on any atom is 0.0781 e. The molecule has 0 radical (unpaired) electrons. The topological polar surface area (TPSA) is 12.5 Å². The van der Waals surface area contributed by atoms with Crippen LogP contribution in [0.15, 0.2) is 91.0 Å². The quantitative estimate of drug-likeness (QED) is 0.479. The maximum absolute atomic E-state index is 6.30. The Hall–Kier alpha value is -2.42. The minimum Gasteiger partial charge on any atom is -0.374 e. The van der Waals surface area contributed by atoms with Crippen LogP contribution in [-0.4, -0.2) is 29.7 Å². The second kappa shape index (κ2) is 8.75. The first-order valence-electron chi connectivity index (χ1n) is 11.1. The fraction of sp³-hybridized carbons (Fsp3) is 0.357.